The second-order valence-corrected chi connectivity index (χ2v) is 2.02. The third-order valence-electron chi connectivity index (χ3n) is 1.16. The maximum atomic E-state index is 10.5. The lowest BCUT2D eigenvalue weighted by molar-refractivity contribution is 1.13. The summed E-state index contributed by atoms with van der Waals surface area (Å²) in [4.78, 5) is 2.89. The quantitative estimate of drug-likeness (QED) is 0.574. The molecule has 0 aliphatic carbocycles. The highest BCUT2D eigenvalue weighted by atomic mass is 16.5. The number of hydrogen-bond donors (Lipinski definition) is 1. The Labute approximate surface area is 53.9 Å². The van der Waals surface area contributed by atoms with Crippen LogP contribution in [0.15, 0.2) is 12.1 Å². The maximum absolute atomic E-state index is 10.5. The molecule has 0 bridgehead atoms. The van der Waals surface area contributed by atoms with Gasteiger partial charge >= 0.3 is 0 Å². The van der Waals surface area contributed by atoms with Crippen LogP contribution in [0.5, 0.6) is 0 Å². The van der Waals surface area contributed by atoms with Gasteiger partial charge in [-0.1, -0.05) is 0 Å². The van der Waals surface area contributed by atoms with Crippen LogP contribution in [0.3, 0.4) is 0 Å². The minimum absolute atomic E-state index is 0.604. The molecule has 0 radical (unpaired) electrons. The summed E-state index contributed by atoms with van der Waals surface area (Å²) < 4.78 is 0. The predicted molar refractivity (Wildman–Crippen MR) is 37.3 cm³/mol. The van der Waals surface area contributed by atoms with Crippen LogP contribution < -0.4 is 5.06 Å². The minimum atomic E-state index is 0.604. The van der Waals surface area contributed by atoms with E-state index in [1.54, 1.807) is 6.07 Å². The number of hydrogen-bond acceptors (Lipinski definition) is 2. The average molecular weight is 125 g/mol. The standard InChI is InChI=1S/C6H9N2O/c1-5-3-4-6(7-5)8(2)9/h3-4,7H,1-2H3/q-1. The van der Waals surface area contributed by atoms with E-state index in [1.165, 1.54) is 7.05 Å². The monoisotopic (exact) mass is 125 g/mol. The first-order valence-electron chi connectivity index (χ1n) is 2.76. The van der Waals surface area contributed by atoms with E-state index in [0.717, 1.165) is 10.8 Å². The number of nitrogens with zero attached hydrogens (tertiary/aromatic N) is 1. The zero-order chi connectivity index (χ0) is 6.85. The third-order valence-corrected chi connectivity index (χ3v) is 1.16. The lowest BCUT2D eigenvalue weighted by Gasteiger charge is -2.22. The Kier molecular flexibility index (Phi) is 1.44. The molecule has 3 nitrogen and oxygen atoms in total. The minimum Gasteiger partial charge on any atom is -0.757 e. The predicted octanol–water partition coefficient (Wildman–Crippen LogP) is 1.26. The fourth-order valence-corrected chi connectivity index (χ4v) is 0.673. The van der Waals surface area contributed by atoms with E-state index in [4.69, 9.17) is 0 Å². The molecule has 0 unspecified atom stereocenters. The summed E-state index contributed by atoms with van der Waals surface area (Å²) in [6, 6.07) is 3.62. The molecule has 0 fully saturated rings. The summed E-state index contributed by atoms with van der Waals surface area (Å²) >= 11 is 0. The Balaban J connectivity index is 2.85. The van der Waals surface area contributed by atoms with Gasteiger partial charge in [0.05, 0.1) is 5.82 Å². The van der Waals surface area contributed by atoms with Crippen LogP contribution in [-0.4, -0.2) is 12.0 Å². The lowest BCUT2D eigenvalue weighted by Crippen LogP contribution is -2.05. The van der Waals surface area contributed by atoms with Gasteiger partial charge in [-0.3, -0.25) is 0 Å². The molecular weight excluding hydrogens is 116 g/mol. The largest absolute Gasteiger partial charge is 0.757 e. The normalized spacial score (nSPS) is 9.67. The van der Waals surface area contributed by atoms with E-state index in [1.807, 2.05) is 13.0 Å². The molecule has 0 aliphatic heterocycles. The van der Waals surface area contributed by atoms with Crippen molar-refractivity contribution >= 4 is 5.82 Å². The summed E-state index contributed by atoms with van der Waals surface area (Å²) in [6.45, 7) is 1.91. The van der Waals surface area contributed by atoms with Crippen molar-refractivity contribution in [3.05, 3.63) is 23.0 Å². The fraction of sp³-hybridized carbons (Fsp3) is 0.333. The SMILES string of the molecule is Cc1ccc(N(C)[O-])[nH]1. The van der Waals surface area contributed by atoms with Crippen molar-refractivity contribution in [3.63, 3.8) is 0 Å². The molecule has 1 N–H and O–H groups in total. The number of nitrogens with one attached hydrogen (secondary N) is 1. The fourth-order valence-electron chi connectivity index (χ4n) is 0.673. The van der Waals surface area contributed by atoms with Crippen molar-refractivity contribution in [2.24, 2.45) is 0 Å². The van der Waals surface area contributed by atoms with Crippen molar-refractivity contribution < 1.29 is 0 Å². The van der Waals surface area contributed by atoms with E-state index in [-0.39, 0.29) is 0 Å². The smallest absolute Gasteiger partial charge is 0.0945 e. The van der Waals surface area contributed by atoms with Gasteiger partial charge in [0.1, 0.15) is 0 Å². The Morgan fingerprint density at radius 1 is 1.56 bits per heavy atom. The van der Waals surface area contributed by atoms with Crippen LogP contribution in [-0.2, 0) is 0 Å². The molecule has 0 aromatic carbocycles. The molecule has 50 valence electrons. The van der Waals surface area contributed by atoms with Crippen molar-refractivity contribution in [1.29, 1.82) is 0 Å². The molecule has 1 aromatic heterocycles. The number of hydroxylamine groups is 1. The van der Waals surface area contributed by atoms with Gasteiger partial charge in [0.2, 0.25) is 0 Å². The third kappa shape index (κ3) is 1.23. The van der Waals surface area contributed by atoms with Gasteiger partial charge in [0.15, 0.2) is 0 Å². The summed E-state index contributed by atoms with van der Waals surface area (Å²) in [5, 5.41) is 11.3. The summed E-state index contributed by atoms with van der Waals surface area (Å²) in [5.41, 5.74) is 1.01. The molecule has 1 rings (SSSR count). The Morgan fingerprint density at radius 2 is 2.22 bits per heavy atom. The molecular formula is C6H9N2O-. The van der Waals surface area contributed by atoms with Gasteiger partial charge < -0.3 is 15.3 Å². The highest BCUT2D eigenvalue weighted by Crippen LogP contribution is 2.08. The highest BCUT2D eigenvalue weighted by molar-refractivity contribution is 5.40. The number of anilines is 1. The molecule has 9 heavy (non-hydrogen) atoms. The molecule has 0 atom stereocenters. The van der Waals surface area contributed by atoms with Crippen LogP contribution in [0.4, 0.5) is 5.82 Å². The van der Waals surface area contributed by atoms with Gasteiger partial charge in [0.25, 0.3) is 0 Å². The zero-order valence-corrected chi connectivity index (χ0v) is 5.51. The molecule has 0 spiro atoms. The lowest BCUT2D eigenvalue weighted by atomic mass is 10.5. The first kappa shape index (κ1) is 6.16. The molecule has 3 heteroatoms. The van der Waals surface area contributed by atoms with Gasteiger partial charge in [-0.15, -0.1) is 0 Å². The number of aryl methyl sites for hydroxylation is 1. The summed E-state index contributed by atoms with van der Waals surface area (Å²) in [7, 11) is 1.46. The van der Waals surface area contributed by atoms with Crippen molar-refractivity contribution in [2.75, 3.05) is 12.1 Å². The Bertz CT molecular complexity index is 193. The Morgan fingerprint density at radius 3 is 2.44 bits per heavy atom. The maximum Gasteiger partial charge on any atom is 0.0945 e. The van der Waals surface area contributed by atoms with Gasteiger partial charge in [0, 0.05) is 5.69 Å². The van der Waals surface area contributed by atoms with E-state index in [9.17, 15) is 5.21 Å². The number of H-pyrrole nitrogens is 1. The van der Waals surface area contributed by atoms with Gasteiger partial charge in [-0.25, -0.2) is 0 Å². The van der Waals surface area contributed by atoms with E-state index < -0.39 is 0 Å². The summed E-state index contributed by atoms with van der Waals surface area (Å²) in [5.74, 6) is 0.604. The number of aromatic nitrogens is 1. The average Bonchev–Trinajstić information content (AvgIpc) is 2.14. The first-order chi connectivity index (χ1) is 4.20. The highest BCUT2D eigenvalue weighted by Gasteiger charge is 1.89. The van der Waals surface area contributed by atoms with Crippen molar-refractivity contribution in [3.8, 4) is 0 Å². The van der Waals surface area contributed by atoms with Crippen LogP contribution >= 0.6 is 0 Å². The molecule has 0 saturated heterocycles. The van der Waals surface area contributed by atoms with Crippen molar-refractivity contribution in [2.45, 2.75) is 6.92 Å². The van der Waals surface area contributed by atoms with E-state index in [2.05, 4.69) is 4.98 Å². The van der Waals surface area contributed by atoms with E-state index >= 15 is 0 Å². The number of aromatic amines is 1. The molecule has 0 saturated carbocycles. The molecule has 1 heterocycles. The summed E-state index contributed by atoms with van der Waals surface area (Å²) in [6.07, 6.45) is 0. The Hall–Kier alpha value is -0.960. The number of rotatable bonds is 1. The second kappa shape index (κ2) is 2.11. The molecule has 0 aliphatic rings. The topological polar surface area (TPSA) is 42.1 Å². The van der Waals surface area contributed by atoms with Crippen LogP contribution in [0.1, 0.15) is 5.69 Å². The van der Waals surface area contributed by atoms with E-state index in [0.29, 0.717) is 5.82 Å². The van der Waals surface area contributed by atoms with Crippen molar-refractivity contribution in [1.82, 2.24) is 4.98 Å². The second-order valence-electron chi connectivity index (χ2n) is 2.02. The zero-order valence-electron chi connectivity index (χ0n) is 5.51. The van der Waals surface area contributed by atoms with Gasteiger partial charge in [-0.05, 0) is 26.1 Å². The molecule has 1 aromatic rings. The first-order valence-corrected chi connectivity index (χ1v) is 2.76. The van der Waals surface area contributed by atoms with Crippen LogP contribution in [0.25, 0.3) is 0 Å². The molecule has 0 amide bonds. The van der Waals surface area contributed by atoms with Gasteiger partial charge in [-0.2, -0.15) is 0 Å². The van der Waals surface area contributed by atoms with Crippen LogP contribution in [0.2, 0.25) is 0 Å². The van der Waals surface area contributed by atoms with Crippen LogP contribution in [0, 0.1) is 12.1 Å².